The highest BCUT2D eigenvalue weighted by Gasteiger charge is 1.79. The van der Waals surface area contributed by atoms with E-state index in [4.69, 9.17) is 10.2 Å². The molecule has 0 rings (SSSR count). The second-order valence-corrected chi connectivity index (χ2v) is 2.55. The molecule has 0 unspecified atom stereocenters. The molecular weight excluding hydrogens is 208 g/mol. The van der Waals surface area contributed by atoms with E-state index < -0.39 is 11.9 Å². The SMILES string of the molecule is O=C(O)C=CC=CC=CC=CC=CC(=O)O. The standard InChI is InChI=1S/C12H12O4/c13-11(14)9-7-5-3-1-2-4-6-8-10-12(15)16/h1-10H,(H,13,14)(H,15,16). The summed E-state index contributed by atoms with van der Waals surface area (Å²) in [5, 5.41) is 16.5. The molecule has 2 N–H and O–H groups in total. The van der Waals surface area contributed by atoms with E-state index in [1.807, 2.05) is 0 Å². The zero-order valence-electron chi connectivity index (χ0n) is 8.48. The molecule has 0 heterocycles. The summed E-state index contributed by atoms with van der Waals surface area (Å²) in [6.07, 6.45) is 14.7. The van der Waals surface area contributed by atoms with Crippen LogP contribution in [-0.2, 0) is 9.59 Å². The Labute approximate surface area is 93.2 Å². The van der Waals surface area contributed by atoms with Crippen LogP contribution in [0.5, 0.6) is 0 Å². The molecule has 0 spiro atoms. The summed E-state index contributed by atoms with van der Waals surface area (Å²) in [6, 6.07) is 0. The van der Waals surface area contributed by atoms with Gasteiger partial charge in [0, 0.05) is 12.2 Å². The minimum atomic E-state index is -0.993. The summed E-state index contributed by atoms with van der Waals surface area (Å²) in [7, 11) is 0. The summed E-state index contributed by atoms with van der Waals surface area (Å²) in [6.45, 7) is 0. The maximum Gasteiger partial charge on any atom is 0.328 e. The highest BCUT2D eigenvalue weighted by molar-refractivity contribution is 5.80. The highest BCUT2D eigenvalue weighted by atomic mass is 16.4. The molecule has 16 heavy (non-hydrogen) atoms. The first-order chi connectivity index (χ1) is 7.63. The van der Waals surface area contributed by atoms with E-state index in [2.05, 4.69) is 0 Å². The van der Waals surface area contributed by atoms with Crippen LogP contribution in [0.4, 0.5) is 0 Å². The Kier molecular flexibility index (Phi) is 7.85. The monoisotopic (exact) mass is 220 g/mol. The van der Waals surface area contributed by atoms with E-state index in [9.17, 15) is 9.59 Å². The van der Waals surface area contributed by atoms with Crippen molar-refractivity contribution >= 4 is 11.9 Å². The van der Waals surface area contributed by atoms with Gasteiger partial charge in [-0.05, 0) is 0 Å². The quantitative estimate of drug-likeness (QED) is 0.530. The maximum atomic E-state index is 10.1. The second kappa shape index (κ2) is 9.21. The normalized spacial score (nSPS) is 12.8. The first-order valence-corrected chi connectivity index (χ1v) is 4.43. The fourth-order valence-electron chi connectivity index (χ4n) is 0.661. The number of rotatable bonds is 6. The maximum absolute atomic E-state index is 10.1. The lowest BCUT2D eigenvalue weighted by Crippen LogP contribution is -1.84. The van der Waals surface area contributed by atoms with Crippen molar-refractivity contribution in [2.45, 2.75) is 0 Å². The van der Waals surface area contributed by atoms with Crippen LogP contribution in [0.1, 0.15) is 0 Å². The summed E-state index contributed by atoms with van der Waals surface area (Å²) < 4.78 is 0. The fraction of sp³-hybridized carbons (Fsp3) is 0. The van der Waals surface area contributed by atoms with Gasteiger partial charge in [0.2, 0.25) is 0 Å². The van der Waals surface area contributed by atoms with Crippen molar-refractivity contribution in [1.29, 1.82) is 0 Å². The van der Waals surface area contributed by atoms with Gasteiger partial charge < -0.3 is 10.2 Å². The fourth-order valence-corrected chi connectivity index (χ4v) is 0.661. The molecule has 0 aliphatic rings. The minimum Gasteiger partial charge on any atom is -0.478 e. The second-order valence-electron chi connectivity index (χ2n) is 2.55. The van der Waals surface area contributed by atoms with Crippen molar-refractivity contribution in [2.75, 3.05) is 0 Å². The number of carbonyl (C=O) groups is 2. The minimum absolute atomic E-state index is 0.993. The van der Waals surface area contributed by atoms with Crippen molar-refractivity contribution < 1.29 is 19.8 Å². The Morgan fingerprint density at radius 3 is 1.06 bits per heavy atom. The van der Waals surface area contributed by atoms with Crippen LogP contribution in [0, 0.1) is 0 Å². The lowest BCUT2D eigenvalue weighted by molar-refractivity contribution is -0.132. The largest absolute Gasteiger partial charge is 0.478 e. The number of aliphatic carboxylic acids is 2. The Bertz CT molecular complexity index is 334. The third-order valence-corrected chi connectivity index (χ3v) is 1.26. The van der Waals surface area contributed by atoms with E-state index in [1.54, 1.807) is 36.5 Å². The lowest BCUT2D eigenvalue weighted by atomic mass is 10.3. The van der Waals surface area contributed by atoms with Gasteiger partial charge in [0.15, 0.2) is 0 Å². The Morgan fingerprint density at radius 1 is 0.562 bits per heavy atom. The van der Waals surface area contributed by atoms with Crippen molar-refractivity contribution in [1.82, 2.24) is 0 Å². The van der Waals surface area contributed by atoms with Crippen LogP contribution in [0.3, 0.4) is 0 Å². The van der Waals surface area contributed by atoms with Crippen LogP contribution in [0.2, 0.25) is 0 Å². The Balaban J connectivity index is 3.85. The molecule has 0 aromatic heterocycles. The molecule has 4 heteroatoms. The van der Waals surface area contributed by atoms with Crippen molar-refractivity contribution in [3.63, 3.8) is 0 Å². The zero-order chi connectivity index (χ0) is 12.2. The summed E-state index contributed by atoms with van der Waals surface area (Å²) >= 11 is 0. The predicted molar refractivity (Wildman–Crippen MR) is 61.0 cm³/mol. The van der Waals surface area contributed by atoms with Crippen LogP contribution in [0.15, 0.2) is 60.8 Å². The molecule has 0 aromatic rings. The smallest absolute Gasteiger partial charge is 0.328 e. The van der Waals surface area contributed by atoms with Gasteiger partial charge in [-0.3, -0.25) is 0 Å². The molecule has 4 nitrogen and oxygen atoms in total. The predicted octanol–water partition coefficient (Wildman–Crippen LogP) is 1.94. The van der Waals surface area contributed by atoms with E-state index in [1.165, 1.54) is 12.2 Å². The van der Waals surface area contributed by atoms with E-state index >= 15 is 0 Å². The number of allylic oxidation sites excluding steroid dienone is 8. The van der Waals surface area contributed by atoms with Gasteiger partial charge in [0.1, 0.15) is 0 Å². The zero-order valence-corrected chi connectivity index (χ0v) is 8.48. The Hall–Kier alpha value is -2.36. The van der Waals surface area contributed by atoms with Crippen LogP contribution in [-0.4, -0.2) is 22.2 Å². The van der Waals surface area contributed by atoms with Gasteiger partial charge in [0.05, 0.1) is 0 Å². The molecule has 0 fully saturated rings. The summed E-state index contributed by atoms with van der Waals surface area (Å²) in [5.41, 5.74) is 0. The summed E-state index contributed by atoms with van der Waals surface area (Å²) in [5.74, 6) is -1.99. The molecule has 0 atom stereocenters. The number of carboxylic acids is 2. The average Bonchev–Trinajstić information content (AvgIpc) is 2.20. The molecule has 84 valence electrons. The first-order valence-electron chi connectivity index (χ1n) is 4.43. The van der Waals surface area contributed by atoms with Gasteiger partial charge in [0.25, 0.3) is 0 Å². The number of carboxylic acid groups (broad SMARTS) is 2. The topological polar surface area (TPSA) is 74.6 Å². The van der Waals surface area contributed by atoms with Crippen molar-refractivity contribution in [3.8, 4) is 0 Å². The molecule has 0 amide bonds. The van der Waals surface area contributed by atoms with Crippen LogP contribution >= 0.6 is 0 Å². The summed E-state index contributed by atoms with van der Waals surface area (Å²) in [4.78, 5) is 20.1. The molecule has 0 radical (unpaired) electrons. The molecule has 0 aliphatic carbocycles. The van der Waals surface area contributed by atoms with E-state index in [-0.39, 0.29) is 0 Å². The highest BCUT2D eigenvalue weighted by Crippen LogP contribution is 1.83. The van der Waals surface area contributed by atoms with E-state index in [0.717, 1.165) is 12.2 Å². The average molecular weight is 220 g/mol. The van der Waals surface area contributed by atoms with Crippen molar-refractivity contribution in [2.24, 2.45) is 0 Å². The van der Waals surface area contributed by atoms with Crippen LogP contribution in [0.25, 0.3) is 0 Å². The Morgan fingerprint density at radius 2 is 0.812 bits per heavy atom. The third-order valence-electron chi connectivity index (χ3n) is 1.26. The van der Waals surface area contributed by atoms with Gasteiger partial charge in [-0.1, -0.05) is 48.6 Å². The van der Waals surface area contributed by atoms with Gasteiger partial charge in [-0.2, -0.15) is 0 Å². The van der Waals surface area contributed by atoms with Gasteiger partial charge in [-0.15, -0.1) is 0 Å². The number of hydrogen-bond acceptors (Lipinski definition) is 2. The molecule has 0 aromatic carbocycles. The molecule has 0 aliphatic heterocycles. The first kappa shape index (κ1) is 13.6. The molecule has 0 bridgehead atoms. The lowest BCUT2D eigenvalue weighted by Gasteiger charge is -1.76. The van der Waals surface area contributed by atoms with Crippen molar-refractivity contribution in [3.05, 3.63) is 60.8 Å². The molecule has 0 saturated carbocycles. The number of hydrogen-bond donors (Lipinski definition) is 2. The third kappa shape index (κ3) is 11.6. The van der Waals surface area contributed by atoms with E-state index in [0.29, 0.717) is 0 Å². The van der Waals surface area contributed by atoms with Gasteiger partial charge in [-0.25, -0.2) is 9.59 Å². The molecular formula is C12H12O4. The molecule has 0 saturated heterocycles. The van der Waals surface area contributed by atoms with Gasteiger partial charge >= 0.3 is 11.9 Å². The van der Waals surface area contributed by atoms with Crippen LogP contribution < -0.4 is 0 Å².